The fourth-order valence-electron chi connectivity index (χ4n) is 16.2. The number of anilines is 6. The number of nitrogens with one attached hydrogen (secondary N) is 3. The highest BCUT2D eigenvalue weighted by atomic mass is 19.1. The van der Waals surface area contributed by atoms with Gasteiger partial charge in [0.05, 0.1) is 64.7 Å². The van der Waals surface area contributed by atoms with Crippen molar-refractivity contribution >= 4 is 105 Å². The van der Waals surface area contributed by atoms with Crippen molar-refractivity contribution in [1.29, 1.82) is 0 Å². The summed E-state index contributed by atoms with van der Waals surface area (Å²) in [5, 5.41) is 27.7. The Morgan fingerprint density at radius 2 is 0.913 bits per heavy atom. The first kappa shape index (κ1) is 75.6. The Morgan fingerprint density at radius 1 is 0.470 bits per heavy atom. The number of carbonyl (C=O) groups excluding carboxylic acids is 9. The fraction of sp³-hybridized carbons (Fsp3) is 0.317. The number of likely N-dealkylation sites (N-methyl/N-ethyl adjacent to an activating group) is 2. The third kappa shape index (κ3) is 15.1. The number of carboxylic acids is 1. The summed E-state index contributed by atoms with van der Waals surface area (Å²) in [6.07, 6.45) is 7.84. The van der Waals surface area contributed by atoms with Crippen molar-refractivity contribution in [2.45, 2.75) is 75.5 Å². The van der Waals surface area contributed by atoms with Crippen LogP contribution >= 0.6 is 0 Å². The number of carbonyl (C=O) groups is 10. The number of carboxylic acid groups (broad SMARTS) is 1. The molecule has 115 heavy (non-hydrogen) atoms. The molecular weight excluding hydrogens is 1480 g/mol. The van der Waals surface area contributed by atoms with E-state index in [-0.39, 0.29) is 102 Å². The Hall–Kier alpha value is -13.5. The van der Waals surface area contributed by atoms with Crippen molar-refractivity contribution < 1.29 is 61.8 Å². The monoisotopic (exact) mass is 1560 g/mol. The second-order valence-electron chi connectivity index (χ2n) is 29.2. The molecule has 9 amide bonds. The number of pyridine rings is 2. The van der Waals surface area contributed by atoms with Gasteiger partial charge in [-0.15, -0.1) is 10.2 Å². The van der Waals surface area contributed by atoms with Gasteiger partial charge in [-0.05, 0) is 159 Å². The van der Waals surface area contributed by atoms with E-state index in [0.717, 1.165) is 142 Å². The van der Waals surface area contributed by atoms with Gasteiger partial charge in [-0.3, -0.25) is 67.5 Å². The molecule has 0 aliphatic carbocycles. The molecule has 6 saturated heterocycles. The Morgan fingerprint density at radius 3 is 1.37 bits per heavy atom. The third-order valence-corrected chi connectivity index (χ3v) is 22.2. The highest BCUT2D eigenvalue weighted by Crippen LogP contribution is 2.40. The Balaban J connectivity index is 0.000000144. The number of fused-ring (bicyclic) bond motifs is 4. The summed E-state index contributed by atoms with van der Waals surface area (Å²) >= 11 is 0. The van der Waals surface area contributed by atoms with Crippen LogP contribution in [0.3, 0.4) is 0 Å². The topological polar surface area (TPSA) is 342 Å². The fourth-order valence-corrected chi connectivity index (χ4v) is 16.2. The normalized spacial score (nSPS) is 19.7. The SMILES string of the molecule is CN1C(=O)CCC(N2C(=O)c3ccc(NCC(=O)N4CCN(c5cccc(-c6cnc7ccc(N8CCC[C@@H]8c8cccc(F)c8)nn67)n5)CC4)cc3C2=O)C1=O.CN1C(=O)CCC(N2C(=O)c3ccc(NCC(=O)O)cc3C2=O)C1=O.Fc1cccc([C@H]2CCCN2c2ccc3ncc(-c4cccc(N5CCNCC5)n4)n3n2)c1. The molecule has 6 fully saturated rings. The number of benzene rings is 4. The van der Waals surface area contributed by atoms with Gasteiger partial charge in [-0.1, -0.05) is 36.4 Å². The highest BCUT2D eigenvalue weighted by molar-refractivity contribution is 6.25. The number of amides is 9. The number of piperazine rings is 2. The molecule has 33 heteroatoms. The van der Waals surface area contributed by atoms with Crippen LogP contribution in [0, 0.1) is 11.6 Å². The van der Waals surface area contributed by atoms with Crippen molar-refractivity contribution in [3.8, 4) is 22.8 Å². The Labute approximate surface area is 657 Å². The van der Waals surface area contributed by atoms with E-state index >= 15 is 0 Å². The first-order valence-corrected chi connectivity index (χ1v) is 38.2. The van der Waals surface area contributed by atoms with Crippen LogP contribution in [0.25, 0.3) is 34.1 Å². The third-order valence-electron chi connectivity index (χ3n) is 22.2. The number of hydrogen-bond acceptors (Lipinski definition) is 23. The van der Waals surface area contributed by atoms with Gasteiger partial charge in [0.1, 0.15) is 64.9 Å². The molecule has 4 atom stereocenters. The second kappa shape index (κ2) is 32.0. The lowest BCUT2D eigenvalue weighted by Crippen LogP contribution is -2.54. The number of aromatic nitrogens is 8. The number of hydrogen-bond donors (Lipinski definition) is 4. The molecule has 8 aliphatic rings. The first-order chi connectivity index (χ1) is 55.7. The number of halogens is 2. The summed E-state index contributed by atoms with van der Waals surface area (Å²) in [5.74, 6) is -2.48. The molecule has 31 nitrogen and oxygen atoms in total. The second-order valence-corrected chi connectivity index (χ2v) is 29.2. The highest BCUT2D eigenvalue weighted by Gasteiger charge is 2.48. The van der Waals surface area contributed by atoms with Gasteiger partial charge in [-0.25, -0.2) is 37.7 Å². The molecule has 6 aromatic heterocycles. The van der Waals surface area contributed by atoms with Crippen LogP contribution in [0.1, 0.15) is 116 Å². The molecular formula is C82H80F2N20O11. The smallest absolute Gasteiger partial charge is 0.322 e. The quantitative estimate of drug-likeness (QED) is 0.0685. The van der Waals surface area contributed by atoms with E-state index < -0.39 is 53.5 Å². The summed E-state index contributed by atoms with van der Waals surface area (Å²) in [6.45, 7) is 7.28. The van der Waals surface area contributed by atoms with Crippen LogP contribution < -0.4 is 35.6 Å². The number of likely N-dealkylation sites (tertiary alicyclic amines) is 2. The lowest BCUT2D eigenvalue weighted by molar-refractivity contribution is -0.151. The standard InChI is InChI=1S/C41H39FN10O5.C25H26FN7.C16H15N3O6/c1-47-37(53)15-12-32(41(47)57)51-39(55)28-11-10-27(22-29(28)40(51)56)43-24-38(54)49-19-17-48(18-20-49)35-9-3-7-30(45-35)33-23-44-34-13-14-36(46-52(33)34)50-16-4-8-31(50)25-5-2-6-26(42)21-25;26-19-5-1-4-18(16-19)21-7-3-13-32(21)25-10-9-23-28-17-22(33(23)30-25)20-6-2-8-24(29-20)31-14-11-27-12-15-31;1-18-12(20)5-4-11(16(18)25)19-14(23)9-3-2-8(17-7-13(21)22)6-10(9)15(19)24/h2-3,5-7,9-11,13-14,21-23,31-32,43H,4,8,12,15-20,24H2,1H3;1-2,4-6,8-10,16-17,21,27H,3,7,11-15H2;2-3,6,11,17H,4-5,7H2,1H3,(H,21,22)/t31-,32?;21-;/m11./s1. The number of aliphatic carboxylic acids is 1. The summed E-state index contributed by atoms with van der Waals surface area (Å²) < 4.78 is 31.6. The van der Waals surface area contributed by atoms with Crippen LogP contribution in [0.4, 0.5) is 43.4 Å². The van der Waals surface area contributed by atoms with Crippen LogP contribution in [-0.2, 0) is 28.8 Å². The summed E-state index contributed by atoms with van der Waals surface area (Å²) in [7, 11) is 2.67. The van der Waals surface area contributed by atoms with Gasteiger partial charge >= 0.3 is 5.97 Å². The average molecular weight is 1560 g/mol. The zero-order valence-electron chi connectivity index (χ0n) is 62.9. The van der Waals surface area contributed by atoms with Crippen LogP contribution in [0.15, 0.2) is 158 Å². The van der Waals surface area contributed by atoms with E-state index in [4.69, 9.17) is 25.3 Å². The van der Waals surface area contributed by atoms with Crippen molar-refractivity contribution in [2.75, 3.05) is 123 Å². The molecule has 4 aromatic carbocycles. The minimum Gasteiger partial charge on any atom is -0.480 e. The number of nitrogens with zero attached hydrogens (tertiary/aromatic N) is 17. The van der Waals surface area contributed by atoms with Crippen molar-refractivity contribution in [1.82, 2.24) is 69.0 Å². The minimum atomic E-state index is -1.06. The van der Waals surface area contributed by atoms with Crippen molar-refractivity contribution in [3.05, 3.63) is 203 Å². The lowest BCUT2D eigenvalue weighted by Gasteiger charge is -2.35. The molecule has 14 heterocycles. The predicted octanol–water partition coefficient (Wildman–Crippen LogP) is 7.38. The maximum atomic E-state index is 14.1. The van der Waals surface area contributed by atoms with Crippen LogP contribution in [0.5, 0.6) is 0 Å². The largest absolute Gasteiger partial charge is 0.480 e. The van der Waals surface area contributed by atoms with Gasteiger partial charge in [0, 0.05) is 104 Å². The summed E-state index contributed by atoms with van der Waals surface area (Å²) in [6, 6.07) is 40.6. The van der Waals surface area contributed by atoms with Gasteiger partial charge in [-0.2, -0.15) is 0 Å². The minimum absolute atomic E-state index is 0.0178. The van der Waals surface area contributed by atoms with E-state index in [1.54, 1.807) is 45.9 Å². The summed E-state index contributed by atoms with van der Waals surface area (Å²) in [4.78, 5) is 158. The van der Waals surface area contributed by atoms with Gasteiger partial charge in [0.2, 0.25) is 17.7 Å². The van der Waals surface area contributed by atoms with Gasteiger partial charge < -0.3 is 45.6 Å². The average Bonchev–Trinajstić information content (AvgIpc) is 1.61. The van der Waals surface area contributed by atoms with Crippen molar-refractivity contribution in [2.24, 2.45) is 0 Å². The summed E-state index contributed by atoms with van der Waals surface area (Å²) in [5.41, 5.74) is 8.02. The molecule has 0 bridgehead atoms. The van der Waals surface area contributed by atoms with E-state index in [2.05, 4.69) is 51.6 Å². The molecule has 18 rings (SSSR count). The zero-order chi connectivity index (χ0) is 79.9. The molecule has 0 saturated carbocycles. The molecule has 0 spiro atoms. The van der Waals surface area contributed by atoms with E-state index in [1.807, 2.05) is 77.4 Å². The maximum absolute atomic E-state index is 14.1. The Bertz CT molecular complexity index is 5570. The number of imidazole rings is 2. The van der Waals surface area contributed by atoms with Crippen LogP contribution in [0.2, 0.25) is 0 Å². The molecule has 10 aromatic rings. The van der Waals surface area contributed by atoms with Gasteiger partial charge in [0.25, 0.3) is 35.4 Å². The first-order valence-electron chi connectivity index (χ1n) is 38.2. The number of piperidine rings is 2. The zero-order valence-corrected chi connectivity index (χ0v) is 62.9. The van der Waals surface area contributed by atoms with E-state index in [9.17, 15) is 56.7 Å². The Kier molecular flexibility index (Phi) is 21.0. The molecule has 588 valence electrons. The molecule has 0 radical (unpaired) electrons. The van der Waals surface area contributed by atoms with Crippen molar-refractivity contribution in [3.63, 3.8) is 0 Å². The van der Waals surface area contributed by atoms with Gasteiger partial charge in [0.15, 0.2) is 11.3 Å². The maximum Gasteiger partial charge on any atom is 0.322 e. The molecule has 4 N–H and O–H groups in total. The lowest BCUT2D eigenvalue weighted by atomic mass is 10.0. The number of rotatable bonds is 16. The van der Waals surface area contributed by atoms with Crippen LogP contribution in [-0.4, -0.2) is 233 Å². The van der Waals surface area contributed by atoms with E-state index in [1.165, 1.54) is 56.6 Å². The number of imide groups is 4. The molecule has 8 aliphatic heterocycles. The molecule has 2 unspecified atom stereocenters. The van der Waals surface area contributed by atoms with E-state index in [0.29, 0.717) is 48.9 Å². The predicted molar refractivity (Wildman–Crippen MR) is 418 cm³/mol.